The molecule has 0 unspecified atom stereocenters. The highest BCUT2D eigenvalue weighted by molar-refractivity contribution is 5.87. The number of aromatic amines is 1. The molecule has 2 N–H and O–H groups in total. The van der Waals surface area contributed by atoms with Crippen LogP contribution in [0.15, 0.2) is 40.3 Å². The number of aromatic nitrogens is 1. The van der Waals surface area contributed by atoms with Crippen molar-refractivity contribution < 1.29 is 5.21 Å². The maximum absolute atomic E-state index is 11.4. The molecule has 0 saturated carbocycles. The Labute approximate surface area is 79.5 Å². The van der Waals surface area contributed by atoms with Crippen molar-refractivity contribution in [2.24, 2.45) is 5.16 Å². The van der Waals surface area contributed by atoms with Crippen LogP contribution in [0.2, 0.25) is 0 Å². The lowest BCUT2D eigenvalue weighted by Crippen LogP contribution is -2.11. The third-order valence-electron chi connectivity index (χ3n) is 1.98. The first-order chi connectivity index (χ1) is 6.81. The summed E-state index contributed by atoms with van der Waals surface area (Å²) < 4.78 is 0. The van der Waals surface area contributed by atoms with Gasteiger partial charge in [0, 0.05) is 5.52 Å². The summed E-state index contributed by atoms with van der Waals surface area (Å²) >= 11 is 0. The fraction of sp³-hybridized carbons (Fsp3) is 0. The van der Waals surface area contributed by atoms with Crippen LogP contribution < -0.4 is 5.56 Å². The molecule has 14 heavy (non-hydrogen) atoms. The molecule has 1 aromatic carbocycles. The lowest BCUT2D eigenvalue weighted by atomic mass is 10.2. The van der Waals surface area contributed by atoms with Gasteiger partial charge in [0.2, 0.25) is 0 Å². The first-order valence-electron chi connectivity index (χ1n) is 4.11. The van der Waals surface area contributed by atoms with Crippen molar-refractivity contribution in [1.29, 1.82) is 0 Å². The van der Waals surface area contributed by atoms with Crippen molar-refractivity contribution in [3.05, 3.63) is 46.2 Å². The lowest BCUT2D eigenvalue weighted by Gasteiger charge is -1.97. The summed E-state index contributed by atoms with van der Waals surface area (Å²) in [6.07, 6.45) is 1.12. The van der Waals surface area contributed by atoms with Crippen LogP contribution in [0, 0.1) is 0 Å². The van der Waals surface area contributed by atoms with E-state index < -0.39 is 0 Å². The smallest absolute Gasteiger partial charge is 0.257 e. The van der Waals surface area contributed by atoms with Crippen LogP contribution in [-0.2, 0) is 0 Å². The highest BCUT2D eigenvalue weighted by Crippen LogP contribution is 2.08. The number of fused-ring (bicyclic) bond motifs is 1. The van der Waals surface area contributed by atoms with Crippen molar-refractivity contribution in [1.82, 2.24) is 4.98 Å². The molecule has 0 saturated heterocycles. The highest BCUT2D eigenvalue weighted by atomic mass is 16.4. The summed E-state index contributed by atoms with van der Waals surface area (Å²) in [5.41, 5.74) is 0.847. The van der Waals surface area contributed by atoms with E-state index in [4.69, 9.17) is 5.21 Å². The van der Waals surface area contributed by atoms with Gasteiger partial charge in [0.25, 0.3) is 5.56 Å². The quantitative estimate of drug-likeness (QED) is 0.403. The molecule has 1 heterocycles. The van der Waals surface area contributed by atoms with Gasteiger partial charge in [-0.25, -0.2) is 0 Å². The third-order valence-corrected chi connectivity index (χ3v) is 1.98. The van der Waals surface area contributed by atoms with Crippen LogP contribution in [0.4, 0.5) is 0 Å². The Kier molecular flexibility index (Phi) is 2.02. The molecule has 4 heteroatoms. The average Bonchev–Trinajstić information content (AvgIpc) is 2.19. The van der Waals surface area contributed by atoms with Crippen LogP contribution in [-0.4, -0.2) is 16.4 Å². The van der Waals surface area contributed by atoms with Crippen LogP contribution in [0.25, 0.3) is 10.9 Å². The summed E-state index contributed by atoms with van der Waals surface area (Å²) in [6.45, 7) is 0. The van der Waals surface area contributed by atoms with Crippen molar-refractivity contribution in [3.63, 3.8) is 0 Å². The Morgan fingerprint density at radius 3 is 2.93 bits per heavy atom. The van der Waals surface area contributed by atoms with Crippen molar-refractivity contribution in [2.75, 3.05) is 0 Å². The summed E-state index contributed by atoms with van der Waals surface area (Å²) in [4.78, 5) is 14.1. The monoisotopic (exact) mass is 188 g/mol. The third kappa shape index (κ3) is 1.37. The number of oxime groups is 1. The molecule has 4 nitrogen and oxygen atoms in total. The number of para-hydroxylation sites is 1. The summed E-state index contributed by atoms with van der Waals surface area (Å²) in [5.74, 6) is 0. The Hall–Kier alpha value is -2.10. The number of rotatable bonds is 1. The largest absolute Gasteiger partial charge is 0.411 e. The van der Waals surface area contributed by atoms with Crippen molar-refractivity contribution >= 4 is 17.1 Å². The maximum atomic E-state index is 11.4. The predicted molar refractivity (Wildman–Crippen MR) is 53.9 cm³/mol. The molecule has 0 atom stereocenters. The topological polar surface area (TPSA) is 65.5 Å². The molecule has 0 aliphatic rings. The van der Waals surface area contributed by atoms with Crippen LogP contribution >= 0.6 is 0 Å². The zero-order valence-electron chi connectivity index (χ0n) is 7.27. The fourth-order valence-electron chi connectivity index (χ4n) is 1.32. The Morgan fingerprint density at radius 1 is 1.36 bits per heavy atom. The molecular weight excluding hydrogens is 180 g/mol. The van der Waals surface area contributed by atoms with Gasteiger partial charge < -0.3 is 10.2 Å². The normalized spacial score (nSPS) is 11.1. The number of hydrogen-bond acceptors (Lipinski definition) is 3. The number of pyridine rings is 1. The minimum absolute atomic E-state index is 0.262. The van der Waals surface area contributed by atoms with Crippen molar-refractivity contribution in [3.8, 4) is 0 Å². The van der Waals surface area contributed by atoms with Gasteiger partial charge in [-0.05, 0) is 17.5 Å². The van der Waals surface area contributed by atoms with Gasteiger partial charge in [-0.15, -0.1) is 0 Å². The van der Waals surface area contributed by atoms with E-state index in [1.807, 2.05) is 24.3 Å². The minimum Gasteiger partial charge on any atom is -0.411 e. The lowest BCUT2D eigenvalue weighted by molar-refractivity contribution is 0.322. The van der Waals surface area contributed by atoms with Gasteiger partial charge in [0.15, 0.2) is 0 Å². The van der Waals surface area contributed by atoms with Gasteiger partial charge in [0.05, 0.1) is 11.8 Å². The van der Waals surface area contributed by atoms with Gasteiger partial charge >= 0.3 is 0 Å². The number of nitrogens with one attached hydrogen (secondary N) is 1. The molecule has 0 aliphatic carbocycles. The second-order valence-corrected chi connectivity index (χ2v) is 2.89. The molecule has 0 spiro atoms. The Bertz CT molecular complexity index is 543. The molecular formula is C10H8N2O2. The standard InChI is InChI=1S/C10H8N2O2/c13-10-8(6-11-14)5-7-3-1-2-4-9(7)12-10/h1-6,14H,(H,12,13)/b11-6-. The first kappa shape index (κ1) is 8.50. The number of benzene rings is 1. The maximum Gasteiger partial charge on any atom is 0.257 e. The van der Waals surface area contributed by atoms with Gasteiger partial charge in [-0.3, -0.25) is 4.79 Å². The van der Waals surface area contributed by atoms with Crippen LogP contribution in [0.5, 0.6) is 0 Å². The van der Waals surface area contributed by atoms with E-state index >= 15 is 0 Å². The van der Waals surface area contributed by atoms with E-state index in [1.165, 1.54) is 0 Å². The minimum atomic E-state index is -0.262. The molecule has 2 aromatic rings. The fourth-order valence-corrected chi connectivity index (χ4v) is 1.32. The molecule has 2 rings (SSSR count). The number of H-pyrrole nitrogens is 1. The van der Waals surface area contributed by atoms with E-state index in [0.717, 1.165) is 17.1 Å². The van der Waals surface area contributed by atoms with E-state index in [1.54, 1.807) is 6.07 Å². The van der Waals surface area contributed by atoms with Crippen LogP contribution in [0.3, 0.4) is 0 Å². The number of nitrogens with zero attached hydrogens (tertiary/aromatic N) is 1. The highest BCUT2D eigenvalue weighted by Gasteiger charge is 1.99. The first-order valence-corrected chi connectivity index (χ1v) is 4.11. The van der Waals surface area contributed by atoms with Crippen molar-refractivity contribution in [2.45, 2.75) is 0 Å². The van der Waals surface area contributed by atoms with Crippen LogP contribution in [0.1, 0.15) is 5.56 Å². The summed E-state index contributed by atoms with van der Waals surface area (Å²) in [5, 5.41) is 12.1. The molecule has 0 radical (unpaired) electrons. The second-order valence-electron chi connectivity index (χ2n) is 2.89. The van der Waals surface area contributed by atoms with E-state index in [-0.39, 0.29) is 5.56 Å². The molecule has 1 aromatic heterocycles. The Morgan fingerprint density at radius 2 is 2.14 bits per heavy atom. The molecule has 0 fully saturated rings. The molecule has 70 valence electrons. The van der Waals surface area contributed by atoms with Gasteiger partial charge in [0.1, 0.15) is 0 Å². The Balaban J connectivity index is 2.77. The van der Waals surface area contributed by atoms with Gasteiger partial charge in [-0.2, -0.15) is 0 Å². The molecule has 0 bridgehead atoms. The van der Waals surface area contributed by atoms with E-state index in [0.29, 0.717) is 5.56 Å². The number of hydrogen-bond donors (Lipinski definition) is 2. The zero-order valence-corrected chi connectivity index (χ0v) is 7.27. The van der Waals surface area contributed by atoms with E-state index in [9.17, 15) is 4.79 Å². The van der Waals surface area contributed by atoms with E-state index in [2.05, 4.69) is 10.1 Å². The SMILES string of the molecule is O=c1[nH]c2ccccc2cc1/C=N\O. The zero-order chi connectivity index (χ0) is 9.97. The summed E-state index contributed by atoms with van der Waals surface area (Å²) in [6, 6.07) is 9.09. The van der Waals surface area contributed by atoms with Gasteiger partial charge in [-0.1, -0.05) is 23.4 Å². The molecule has 0 amide bonds. The summed E-state index contributed by atoms with van der Waals surface area (Å²) in [7, 11) is 0. The predicted octanol–water partition coefficient (Wildman–Crippen LogP) is 1.34. The second kappa shape index (κ2) is 3.33. The average molecular weight is 188 g/mol. The molecule has 0 aliphatic heterocycles.